The van der Waals surface area contributed by atoms with Crippen molar-refractivity contribution in [2.45, 2.75) is 103 Å². The average molecular weight is 485 g/mol. The van der Waals surface area contributed by atoms with Crippen molar-refractivity contribution in [3.8, 4) is 0 Å². The lowest BCUT2D eigenvalue weighted by molar-refractivity contribution is -0.298. The molecule has 196 valence electrons. The molecule has 3 rings (SSSR count). The van der Waals surface area contributed by atoms with Crippen molar-refractivity contribution >= 4 is 0 Å². The smallest absolute Gasteiger partial charge is 0.187 e. The van der Waals surface area contributed by atoms with Gasteiger partial charge in [0.1, 0.15) is 24.4 Å². The molecule has 2 saturated carbocycles. The molecule has 0 aromatic rings. The fraction of sp³-hybridized carbons (Fsp3) is 0.846. The van der Waals surface area contributed by atoms with E-state index in [2.05, 4.69) is 27.4 Å². The Labute approximate surface area is 202 Å². The third-order valence-corrected chi connectivity index (χ3v) is 9.01. The van der Waals surface area contributed by atoms with Crippen molar-refractivity contribution in [2.75, 3.05) is 13.2 Å². The van der Waals surface area contributed by atoms with Crippen LogP contribution in [0.15, 0.2) is 23.8 Å². The first-order valence-electron chi connectivity index (χ1n) is 12.5. The molecule has 1 aliphatic heterocycles. The van der Waals surface area contributed by atoms with Gasteiger partial charge in [-0.1, -0.05) is 39.0 Å². The summed E-state index contributed by atoms with van der Waals surface area (Å²) in [4.78, 5) is 0. The van der Waals surface area contributed by atoms with Gasteiger partial charge in [-0.15, -0.1) is 0 Å². The molecule has 10 atom stereocenters. The summed E-state index contributed by atoms with van der Waals surface area (Å²) in [7, 11) is 0. The van der Waals surface area contributed by atoms with Gasteiger partial charge in [0.25, 0.3) is 0 Å². The maximum absolute atomic E-state index is 10.8. The zero-order valence-electron chi connectivity index (χ0n) is 20.9. The molecule has 3 fully saturated rings. The molecule has 0 bridgehead atoms. The highest BCUT2D eigenvalue weighted by atomic mass is 16.7. The average Bonchev–Trinajstić information content (AvgIpc) is 2.78. The summed E-state index contributed by atoms with van der Waals surface area (Å²) in [5, 5.41) is 60.6. The van der Waals surface area contributed by atoms with Crippen molar-refractivity contribution in [2.24, 2.45) is 22.7 Å². The van der Waals surface area contributed by atoms with Gasteiger partial charge in [-0.25, -0.2) is 0 Å². The predicted octanol–water partition coefficient (Wildman–Crippen LogP) is 1.27. The molecule has 0 radical (unpaired) electrons. The highest BCUT2D eigenvalue weighted by molar-refractivity contribution is 5.21. The Morgan fingerprint density at radius 2 is 1.79 bits per heavy atom. The van der Waals surface area contributed by atoms with Gasteiger partial charge in [0.05, 0.1) is 25.4 Å². The second kappa shape index (κ2) is 10.6. The van der Waals surface area contributed by atoms with Gasteiger partial charge in [-0.05, 0) is 67.3 Å². The summed E-state index contributed by atoms with van der Waals surface area (Å²) in [6, 6.07) is 0. The third-order valence-electron chi connectivity index (χ3n) is 9.01. The Balaban J connectivity index is 1.61. The number of hydrogen-bond acceptors (Lipinski definition) is 8. The van der Waals surface area contributed by atoms with Gasteiger partial charge in [0.2, 0.25) is 0 Å². The summed E-state index contributed by atoms with van der Waals surface area (Å²) in [5.41, 5.74) is 1.66. The van der Waals surface area contributed by atoms with E-state index in [1.54, 1.807) is 0 Å². The number of aliphatic hydroxyl groups excluding tert-OH is 6. The number of hydrogen-bond donors (Lipinski definition) is 6. The Morgan fingerprint density at radius 1 is 1.12 bits per heavy atom. The minimum atomic E-state index is -1.46. The van der Waals surface area contributed by atoms with Gasteiger partial charge in [-0.3, -0.25) is 0 Å². The topological polar surface area (TPSA) is 140 Å². The first-order valence-corrected chi connectivity index (χ1v) is 12.5. The summed E-state index contributed by atoms with van der Waals surface area (Å²) >= 11 is 0. The molecule has 3 aliphatic rings. The van der Waals surface area contributed by atoms with Gasteiger partial charge >= 0.3 is 0 Å². The van der Waals surface area contributed by atoms with E-state index in [9.17, 15) is 30.6 Å². The van der Waals surface area contributed by atoms with Crippen LogP contribution in [0.3, 0.4) is 0 Å². The molecule has 0 aromatic carbocycles. The van der Waals surface area contributed by atoms with Crippen LogP contribution in [0.25, 0.3) is 0 Å². The second-order valence-electron chi connectivity index (χ2n) is 11.4. The predicted molar refractivity (Wildman–Crippen MR) is 127 cm³/mol. The first kappa shape index (κ1) is 27.7. The number of rotatable bonds is 7. The molecular formula is C26H44O8. The Kier molecular flexibility index (Phi) is 8.69. The molecule has 6 N–H and O–H groups in total. The molecule has 1 saturated heterocycles. The number of aliphatic hydroxyl groups is 6. The molecule has 8 heteroatoms. The van der Waals surface area contributed by atoms with E-state index in [4.69, 9.17) is 9.47 Å². The molecule has 0 spiro atoms. The largest absolute Gasteiger partial charge is 0.394 e. The molecule has 8 nitrogen and oxygen atoms in total. The lowest BCUT2D eigenvalue weighted by Gasteiger charge is -2.60. The maximum Gasteiger partial charge on any atom is 0.187 e. The molecule has 1 heterocycles. The van der Waals surface area contributed by atoms with Crippen molar-refractivity contribution in [1.29, 1.82) is 0 Å². The zero-order chi connectivity index (χ0) is 25.4. The Hall–Kier alpha value is -0.840. The first-order chi connectivity index (χ1) is 15.8. The monoisotopic (exact) mass is 484 g/mol. The Morgan fingerprint density at radius 3 is 2.44 bits per heavy atom. The fourth-order valence-corrected chi connectivity index (χ4v) is 6.58. The highest BCUT2D eigenvalue weighted by Crippen LogP contribution is 2.61. The van der Waals surface area contributed by atoms with Crippen LogP contribution in [0, 0.1) is 22.7 Å². The van der Waals surface area contributed by atoms with E-state index in [1.807, 2.05) is 13.0 Å². The van der Waals surface area contributed by atoms with Crippen LogP contribution in [-0.4, -0.2) is 86.8 Å². The molecule has 2 aliphatic carbocycles. The minimum absolute atomic E-state index is 0.0356. The molecule has 34 heavy (non-hydrogen) atoms. The number of ether oxygens (including phenoxy) is 2. The second-order valence-corrected chi connectivity index (χ2v) is 11.4. The van der Waals surface area contributed by atoms with E-state index in [-0.39, 0.29) is 35.4 Å². The van der Waals surface area contributed by atoms with E-state index < -0.39 is 43.4 Å². The van der Waals surface area contributed by atoms with Crippen molar-refractivity contribution < 1.29 is 40.1 Å². The summed E-state index contributed by atoms with van der Waals surface area (Å²) in [5.74, 6) is 0.343. The quantitative estimate of drug-likeness (QED) is 0.297. The van der Waals surface area contributed by atoms with Crippen molar-refractivity contribution in [1.82, 2.24) is 0 Å². The SMILES string of the molecule is C=C1C(O)CC2C(C)(C)C(O)CCC2(C)C1CCC(C)=CCOC1OC(CO)C(O)C(O)C1O. The van der Waals surface area contributed by atoms with E-state index in [0.29, 0.717) is 6.42 Å². The van der Waals surface area contributed by atoms with Crippen molar-refractivity contribution in [3.05, 3.63) is 23.8 Å². The summed E-state index contributed by atoms with van der Waals surface area (Å²) < 4.78 is 10.9. The highest BCUT2D eigenvalue weighted by Gasteiger charge is 2.57. The van der Waals surface area contributed by atoms with E-state index in [1.165, 1.54) is 0 Å². The van der Waals surface area contributed by atoms with E-state index >= 15 is 0 Å². The lowest BCUT2D eigenvalue weighted by atomic mass is 9.46. The number of allylic oxidation sites excluding steroid dienone is 1. The molecule has 0 amide bonds. The van der Waals surface area contributed by atoms with Crippen LogP contribution in [-0.2, 0) is 9.47 Å². The third kappa shape index (κ3) is 5.15. The van der Waals surface area contributed by atoms with Crippen LogP contribution >= 0.6 is 0 Å². The van der Waals surface area contributed by atoms with Gasteiger partial charge in [0, 0.05) is 0 Å². The Bertz CT molecular complexity index is 749. The molecular weight excluding hydrogens is 440 g/mol. The minimum Gasteiger partial charge on any atom is -0.394 e. The van der Waals surface area contributed by atoms with Crippen LogP contribution < -0.4 is 0 Å². The van der Waals surface area contributed by atoms with E-state index in [0.717, 1.165) is 36.8 Å². The standard InChI is InChI=1S/C26H44O8/c1-14(9-11-33-24-23(32)22(31)21(30)18(13-27)34-24)6-7-16-15(2)17(28)12-19-25(3,4)20(29)8-10-26(16,19)5/h9,16-24,27-32H,2,6-8,10-13H2,1,3-5H3. The van der Waals surface area contributed by atoms with Gasteiger partial charge < -0.3 is 40.1 Å². The lowest BCUT2D eigenvalue weighted by Crippen LogP contribution is -2.59. The van der Waals surface area contributed by atoms with Crippen molar-refractivity contribution in [3.63, 3.8) is 0 Å². The molecule has 10 unspecified atom stereocenters. The number of fused-ring (bicyclic) bond motifs is 1. The van der Waals surface area contributed by atoms with Crippen LogP contribution in [0.1, 0.15) is 59.8 Å². The normalized spacial score (nSPS) is 45.2. The fourth-order valence-electron chi connectivity index (χ4n) is 6.58. The maximum atomic E-state index is 10.8. The summed E-state index contributed by atoms with van der Waals surface area (Å²) in [6.45, 7) is 12.4. The van der Waals surface area contributed by atoms with Gasteiger partial charge in [0.15, 0.2) is 6.29 Å². The summed E-state index contributed by atoms with van der Waals surface area (Å²) in [6.07, 6.45) is -1.58. The van der Waals surface area contributed by atoms with Gasteiger partial charge in [-0.2, -0.15) is 0 Å². The molecule has 0 aromatic heterocycles. The van der Waals surface area contributed by atoms with Crippen LogP contribution in [0.4, 0.5) is 0 Å². The van der Waals surface area contributed by atoms with Crippen LogP contribution in [0.5, 0.6) is 0 Å². The zero-order valence-corrected chi connectivity index (χ0v) is 20.9. The van der Waals surface area contributed by atoms with Crippen LogP contribution in [0.2, 0.25) is 0 Å².